The van der Waals surface area contributed by atoms with E-state index >= 15 is 0 Å². The number of benzene rings is 1. The average molecular weight is 511 g/mol. The quantitative estimate of drug-likeness (QED) is 0.100. The van der Waals surface area contributed by atoms with Crippen LogP contribution < -0.4 is 0 Å². The van der Waals surface area contributed by atoms with Crippen LogP contribution in [0.5, 0.6) is 0 Å². The number of aliphatic hydroxyl groups is 1. The molecule has 0 bridgehead atoms. The zero-order valence-corrected chi connectivity index (χ0v) is 22.4. The van der Waals surface area contributed by atoms with E-state index in [1.165, 1.54) is 31.2 Å². The van der Waals surface area contributed by atoms with Crippen LogP contribution >= 0.6 is 0 Å². The van der Waals surface area contributed by atoms with Gasteiger partial charge in [-0.25, -0.2) is 0 Å². The lowest BCUT2D eigenvalue weighted by Crippen LogP contribution is -2.28. The van der Waals surface area contributed by atoms with E-state index < -0.39 is 6.10 Å². The lowest BCUT2D eigenvalue weighted by molar-refractivity contribution is -0.155. The molecule has 5 heteroatoms. The number of hydrogen-bond acceptors (Lipinski definition) is 5. The van der Waals surface area contributed by atoms with Gasteiger partial charge in [0.25, 0.3) is 0 Å². The Labute approximate surface area is 224 Å². The first kappa shape index (κ1) is 30.8. The van der Waals surface area contributed by atoms with Crippen molar-refractivity contribution < 1.29 is 24.1 Å². The maximum atomic E-state index is 12.2. The predicted octanol–water partition coefficient (Wildman–Crippen LogP) is 6.06. The van der Waals surface area contributed by atoms with Crippen LogP contribution in [0.4, 0.5) is 0 Å². The lowest BCUT2D eigenvalue weighted by atomic mass is 9.87. The van der Waals surface area contributed by atoms with Crippen molar-refractivity contribution in [2.75, 3.05) is 26.4 Å². The summed E-state index contributed by atoms with van der Waals surface area (Å²) in [5.41, 5.74) is 1.42. The number of ether oxygens (including phenoxy) is 3. The molecule has 4 atom stereocenters. The Hall–Kier alpha value is -2.39. The first-order valence-electron chi connectivity index (χ1n) is 13.9. The molecule has 4 unspecified atom stereocenters. The third-order valence-corrected chi connectivity index (χ3v) is 6.97. The number of unbranched alkanes of at least 4 members (excludes halogenated alkanes) is 3. The van der Waals surface area contributed by atoms with Gasteiger partial charge in [-0.3, -0.25) is 4.79 Å². The number of aliphatic hydroxyl groups excluding tert-OH is 1. The van der Waals surface area contributed by atoms with E-state index in [1.54, 1.807) is 6.08 Å². The first-order chi connectivity index (χ1) is 18.1. The van der Waals surface area contributed by atoms with Crippen molar-refractivity contribution >= 4 is 5.97 Å². The van der Waals surface area contributed by atoms with Crippen molar-refractivity contribution in [3.63, 3.8) is 0 Å². The number of hydrogen-bond donors (Lipinski definition) is 1. The molecule has 204 valence electrons. The second-order valence-electron chi connectivity index (χ2n) is 9.91. The minimum Gasteiger partial charge on any atom is -0.457 e. The summed E-state index contributed by atoms with van der Waals surface area (Å²) >= 11 is 0. The fraction of sp³-hybridized carbons (Fsp3) is 0.594. The molecule has 1 aromatic carbocycles. The Morgan fingerprint density at radius 3 is 2.70 bits per heavy atom. The normalized spacial score (nSPS) is 20.1. The van der Waals surface area contributed by atoms with Crippen molar-refractivity contribution in [3.05, 3.63) is 60.7 Å². The Kier molecular flexibility index (Phi) is 16.4. The Morgan fingerprint density at radius 1 is 1.11 bits per heavy atom. The van der Waals surface area contributed by atoms with Crippen LogP contribution in [0.3, 0.4) is 0 Å². The average Bonchev–Trinajstić information content (AvgIpc) is 3.25. The van der Waals surface area contributed by atoms with Crippen LogP contribution in [-0.2, 0) is 25.4 Å². The van der Waals surface area contributed by atoms with Gasteiger partial charge in [0, 0.05) is 6.42 Å². The highest BCUT2D eigenvalue weighted by molar-refractivity contribution is 5.69. The number of esters is 1. The SMILES string of the molecule is C#CCOCC(COCC=C)OC(=O)CCCC=CCC1C(O)CCC1CCCCCc1ccccc1. The zero-order chi connectivity index (χ0) is 26.6. The van der Waals surface area contributed by atoms with Gasteiger partial charge < -0.3 is 19.3 Å². The molecule has 0 radical (unpaired) electrons. The van der Waals surface area contributed by atoms with Crippen LogP contribution in [0.15, 0.2) is 55.1 Å². The molecule has 1 aromatic rings. The third kappa shape index (κ3) is 13.6. The topological polar surface area (TPSA) is 65.0 Å². The standard InChI is InChI=1S/C32H46O5/c1-3-23-35-25-29(26-36-24-4-2)37-32(34)20-14-6-5-13-19-30-28(21-22-31(30)33)18-12-8-11-17-27-15-9-7-10-16-27/h1,4-5,7,9-10,13,15-16,28-31,33H,2,6,8,11-12,14,17-26H2. The van der Waals surface area contributed by atoms with Crippen molar-refractivity contribution in [2.45, 2.75) is 82.8 Å². The summed E-state index contributed by atoms with van der Waals surface area (Å²) in [4.78, 5) is 12.2. The molecule has 1 saturated carbocycles. The third-order valence-electron chi connectivity index (χ3n) is 6.97. The molecule has 5 nitrogen and oxygen atoms in total. The van der Waals surface area contributed by atoms with Crippen molar-refractivity contribution in [1.82, 2.24) is 0 Å². The smallest absolute Gasteiger partial charge is 0.306 e. The van der Waals surface area contributed by atoms with Gasteiger partial charge >= 0.3 is 5.97 Å². The van der Waals surface area contributed by atoms with Gasteiger partial charge in [0.1, 0.15) is 12.7 Å². The van der Waals surface area contributed by atoms with Crippen molar-refractivity contribution in [2.24, 2.45) is 11.8 Å². The molecular formula is C32H46O5. The summed E-state index contributed by atoms with van der Waals surface area (Å²) in [5, 5.41) is 10.5. The number of aryl methyl sites for hydroxylation is 1. The number of carbonyl (C=O) groups is 1. The fourth-order valence-corrected chi connectivity index (χ4v) is 5.02. The summed E-state index contributed by atoms with van der Waals surface area (Å²) in [5.74, 6) is 3.11. The zero-order valence-electron chi connectivity index (χ0n) is 22.4. The van der Waals surface area contributed by atoms with Crippen LogP contribution in [-0.4, -0.2) is 49.7 Å². The molecule has 37 heavy (non-hydrogen) atoms. The molecule has 0 saturated heterocycles. The maximum absolute atomic E-state index is 12.2. The predicted molar refractivity (Wildman–Crippen MR) is 149 cm³/mol. The largest absolute Gasteiger partial charge is 0.457 e. The monoisotopic (exact) mass is 510 g/mol. The second kappa shape index (κ2) is 19.7. The summed E-state index contributed by atoms with van der Waals surface area (Å²) < 4.78 is 16.2. The van der Waals surface area contributed by atoms with E-state index in [9.17, 15) is 9.90 Å². The highest BCUT2D eigenvalue weighted by Crippen LogP contribution is 2.38. The summed E-state index contributed by atoms with van der Waals surface area (Å²) in [6.45, 7) is 4.63. The molecule has 0 amide bonds. The number of allylic oxidation sites excluding steroid dienone is 2. The van der Waals surface area contributed by atoms with Gasteiger partial charge in [-0.1, -0.05) is 73.7 Å². The molecule has 1 N–H and O–H groups in total. The highest BCUT2D eigenvalue weighted by atomic mass is 16.6. The lowest BCUT2D eigenvalue weighted by Gasteiger charge is -2.20. The van der Waals surface area contributed by atoms with E-state index in [0.717, 1.165) is 38.5 Å². The van der Waals surface area contributed by atoms with E-state index in [4.69, 9.17) is 20.6 Å². The van der Waals surface area contributed by atoms with E-state index in [1.807, 2.05) is 0 Å². The van der Waals surface area contributed by atoms with Crippen molar-refractivity contribution in [1.29, 1.82) is 0 Å². The minimum atomic E-state index is -0.476. The van der Waals surface area contributed by atoms with Crippen LogP contribution in [0.2, 0.25) is 0 Å². The maximum Gasteiger partial charge on any atom is 0.306 e. The molecule has 0 spiro atoms. The molecular weight excluding hydrogens is 464 g/mol. The van der Waals surface area contributed by atoms with Gasteiger partial charge in [0.15, 0.2) is 0 Å². The molecule has 0 aromatic heterocycles. The van der Waals surface area contributed by atoms with E-state index in [-0.39, 0.29) is 31.9 Å². The van der Waals surface area contributed by atoms with Crippen LogP contribution in [0.25, 0.3) is 0 Å². The molecule has 1 aliphatic carbocycles. The molecule has 2 rings (SSSR count). The first-order valence-corrected chi connectivity index (χ1v) is 13.9. The van der Waals surface area contributed by atoms with E-state index in [2.05, 4.69) is 55.0 Å². The van der Waals surface area contributed by atoms with Gasteiger partial charge in [-0.15, -0.1) is 13.0 Å². The number of carbonyl (C=O) groups excluding carboxylic acids is 1. The van der Waals surface area contributed by atoms with Gasteiger partial charge in [-0.2, -0.15) is 0 Å². The van der Waals surface area contributed by atoms with Crippen LogP contribution in [0, 0.1) is 24.2 Å². The molecule has 1 aliphatic rings. The summed E-state index contributed by atoms with van der Waals surface area (Å²) in [7, 11) is 0. The highest BCUT2D eigenvalue weighted by Gasteiger charge is 2.33. The van der Waals surface area contributed by atoms with Crippen LogP contribution in [0.1, 0.15) is 69.8 Å². The van der Waals surface area contributed by atoms with Gasteiger partial charge in [0.2, 0.25) is 0 Å². The summed E-state index contributed by atoms with van der Waals surface area (Å²) in [6.07, 6.45) is 21.4. The molecule has 0 heterocycles. The number of rotatable bonds is 20. The Bertz CT molecular complexity index is 812. The fourth-order valence-electron chi connectivity index (χ4n) is 5.02. The van der Waals surface area contributed by atoms with E-state index in [0.29, 0.717) is 24.9 Å². The number of terminal acetylenes is 1. The molecule has 1 fully saturated rings. The Morgan fingerprint density at radius 2 is 1.92 bits per heavy atom. The molecule has 0 aliphatic heterocycles. The minimum absolute atomic E-state index is 0.172. The Balaban J connectivity index is 1.60. The second-order valence-corrected chi connectivity index (χ2v) is 9.91. The summed E-state index contributed by atoms with van der Waals surface area (Å²) in [6, 6.07) is 10.7. The van der Waals surface area contributed by atoms with Gasteiger partial charge in [0.05, 0.1) is 25.9 Å². The van der Waals surface area contributed by atoms with Crippen molar-refractivity contribution in [3.8, 4) is 12.3 Å². The van der Waals surface area contributed by atoms with Gasteiger partial charge in [-0.05, 0) is 62.3 Å².